The maximum Gasteiger partial charge on any atom is 0.374 e. The predicted molar refractivity (Wildman–Crippen MR) is 92.4 cm³/mol. The number of fused-ring (bicyclic) bond motifs is 1. The van der Waals surface area contributed by atoms with Crippen molar-refractivity contribution in [2.75, 3.05) is 26.3 Å². The van der Waals surface area contributed by atoms with Gasteiger partial charge in [-0.05, 0) is 31.9 Å². The number of nitrogens with zero attached hydrogens (tertiary/aromatic N) is 1. The fourth-order valence-electron chi connectivity index (χ4n) is 3.00. The van der Waals surface area contributed by atoms with Crippen LogP contribution in [0.3, 0.4) is 0 Å². The van der Waals surface area contributed by atoms with Gasteiger partial charge >= 0.3 is 11.9 Å². The van der Waals surface area contributed by atoms with Gasteiger partial charge in [-0.3, -0.25) is 9.59 Å². The zero-order valence-electron chi connectivity index (χ0n) is 14.6. The Kier molecular flexibility index (Phi) is 5.55. The summed E-state index contributed by atoms with van der Waals surface area (Å²) in [5.74, 6) is -1.26. The van der Waals surface area contributed by atoms with Crippen molar-refractivity contribution in [3.8, 4) is 0 Å². The largest absolute Gasteiger partial charge is 0.466 e. The summed E-state index contributed by atoms with van der Waals surface area (Å²) in [6.45, 7) is 2.68. The number of para-hydroxylation sites is 1. The van der Waals surface area contributed by atoms with Crippen LogP contribution in [-0.2, 0) is 19.1 Å². The van der Waals surface area contributed by atoms with E-state index in [0.29, 0.717) is 38.1 Å². The highest BCUT2D eigenvalue weighted by atomic mass is 16.5. The summed E-state index contributed by atoms with van der Waals surface area (Å²) >= 11 is 0. The summed E-state index contributed by atoms with van der Waals surface area (Å²) in [4.78, 5) is 37.6. The lowest BCUT2D eigenvalue weighted by Gasteiger charge is -2.30. The van der Waals surface area contributed by atoms with Crippen molar-refractivity contribution in [1.82, 2.24) is 4.90 Å². The van der Waals surface area contributed by atoms with Crippen LogP contribution in [0.15, 0.2) is 34.7 Å². The Morgan fingerprint density at radius 1 is 1.15 bits per heavy atom. The molecule has 7 heteroatoms. The van der Waals surface area contributed by atoms with Crippen LogP contribution < -0.4 is 0 Å². The normalized spacial score (nSPS) is 15.0. The first-order valence-corrected chi connectivity index (χ1v) is 8.68. The number of hydrogen-bond donors (Lipinski definition) is 0. The third-order valence-electron chi connectivity index (χ3n) is 4.42. The van der Waals surface area contributed by atoms with Gasteiger partial charge in [-0.25, -0.2) is 4.79 Å². The summed E-state index contributed by atoms with van der Waals surface area (Å²) < 4.78 is 15.5. The van der Waals surface area contributed by atoms with Crippen LogP contribution >= 0.6 is 0 Å². The van der Waals surface area contributed by atoms with E-state index < -0.39 is 5.97 Å². The van der Waals surface area contributed by atoms with E-state index in [1.54, 1.807) is 24.0 Å². The van der Waals surface area contributed by atoms with Gasteiger partial charge in [-0.2, -0.15) is 0 Å². The van der Waals surface area contributed by atoms with E-state index in [1.165, 1.54) is 0 Å². The van der Waals surface area contributed by atoms with E-state index in [2.05, 4.69) is 0 Å². The average molecular weight is 359 g/mol. The molecule has 0 unspecified atom stereocenters. The van der Waals surface area contributed by atoms with Crippen molar-refractivity contribution in [3.05, 3.63) is 36.1 Å². The Labute approximate surface area is 150 Å². The monoisotopic (exact) mass is 359 g/mol. The van der Waals surface area contributed by atoms with E-state index >= 15 is 0 Å². The van der Waals surface area contributed by atoms with Crippen LogP contribution in [0.4, 0.5) is 0 Å². The lowest BCUT2D eigenvalue weighted by Crippen LogP contribution is -2.42. The van der Waals surface area contributed by atoms with E-state index in [1.807, 2.05) is 18.2 Å². The van der Waals surface area contributed by atoms with Crippen molar-refractivity contribution in [3.63, 3.8) is 0 Å². The van der Waals surface area contributed by atoms with Crippen molar-refractivity contribution >= 4 is 28.8 Å². The topological polar surface area (TPSA) is 86.0 Å². The van der Waals surface area contributed by atoms with Crippen LogP contribution in [0.1, 0.15) is 30.3 Å². The van der Waals surface area contributed by atoms with Gasteiger partial charge in [0.15, 0.2) is 6.61 Å². The smallest absolute Gasteiger partial charge is 0.374 e. The number of furan rings is 1. The number of piperidine rings is 1. The van der Waals surface area contributed by atoms with Gasteiger partial charge in [0.05, 0.1) is 12.5 Å². The molecule has 26 heavy (non-hydrogen) atoms. The Balaban J connectivity index is 1.48. The fourth-order valence-corrected chi connectivity index (χ4v) is 3.00. The lowest BCUT2D eigenvalue weighted by molar-refractivity contribution is -0.151. The molecule has 1 aromatic carbocycles. The first-order valence-electron chi connectivity index (χ1n) is 8.68. The molecule has 0 N–H and O–H groups in total. The van der Waals surface area contributed by atoms with Gasteiger partial charge in [0.2, 0.25) is 5.76 Å². The summed E-state index contributed by atoms with van der Waals surface area (Å²) in [5, 5.41) is 0.798. The number of hydrogen-bond acceptors (Lipinski definition) is 6. The van der Waals surface area contributed by atoms with E-state index in [0.717, 1.165) is 5.39 Å². The van der Waals surface area contributed by atoms with Gasteiger partial charge in [0.1, 0.15) is 5.58 Å². The molecule has 1 aromatic heterocycles. The first kappa shape index (κ1) is 18.0. The molecule has 2 heterocycles. The SMILES string of the molecule is CCOC(=O)C1CCN(C(=O)COC(=O)c2cc3ccccc3o2)CC1. The Hall–Kier alpha value is -2.83. The van der Waals surface area contributed by atoms with Gasteiger partial charge in [0.25, 0.3) is 5.91 Å². The number of amides is 1. The Bertz CT molecular complexity index is 770. The van der Waals surface area contributed by atoms with Gasteiger partial charge in [-0.15, -0.1) is 0 Å². The molecule has 1 fully saturated rings. The van der Waals surface area contributed by atoms with Crippen LogP contribution in [-0.4, -0.2) is 49.0 Å². The summed E-state index contributed by atoms with van der Waals surface area (Å²) in [5.41, 5.74) is 0.590. The highest BCUT2D eigenvalue weighted by molar-refractivity contribution is 5.93. The zero-order valence-corrected chi connectivity index (χ0v) is 14.6. The van der Waals surface area contributed by atoms with Gasteiger partial charge in [-0.1, -0.05) is 18.2 Å². The van der Waals surface area contributed by atoms with Crippen molar-refractivity contribution in [2.24, 2.45) is 5.92 Å². The van der Waals surface area contributed by atoms with Crippen molar-refractivity contribution < 1.29 is 28.3 Å². The molecule has 1 saturated heterocycles. The second kappa shape index (κ2) is 8.03. The standard InChI is InChI=1S/C19H21NO6/c1-2-24-18(22)13-7-9-20(10-8-13)17(21)12-25-19(23)16-11-14-5-3-4-6-15(14)26-16/h3-6,11,13H,2,7-10,12H2,1H3. The van der Waals surface area contributed by atoms with E-state index in [4.69, 9.17) is 13.9 Å². The van der Waals surface area contributed by atoms with Gasteiger partial charge < -0.3 is 18.8 Å². The minimum atomic E-state index is -0.670. The molecule has 138 valence electrons. The number of rotatable bonds is 5. The number of ether oxygens (including phenoxy) is 2. The highest BCUT2D eigenvalue weighted by Crippen LogP contribution is 2.20. The van der Waals surface area contributed by atoms with Crippen LogP contribution in [0.25, 0.3) is 11.0 Å². The molecular weight excluding hydrogens is 338 g/mol. The zero-order chi connectivity index (χ0) is 18.5. The van der Waals surface area contributed by atoms with Crippen LogP contribution in [0.2, 0.25) is 0 Å². The summed E-state index contributed by atoms with van der Waals surface area (Å²) in [7, 11) is 0. The second-order valence-electron chi connectivity index (χ2n) is 6.13. The minimum absolute atomic E-state index is 0.0695. The average Bonchev–Trinajstić information content (AvgIpc) is 3.10. The van der Waals surface area contributed by atoms with Crippen molar-refractivity contribution in [1.29, 1.82) is 0 Å². The molecule has 3 rings (SSSR count). The molecule has 1 aliphatic rings. The Morgan fingerprint density at radius 2 is 1.88 bits per heavy atom. The molecular formula is C19H21NO6. The van der Waals surface area contributed by atoms with Crippen LogP contribution in [0, 0.1) is 5.92 Å². The number of likely N-dealkylation sites (tertiary alicyclic amines) is 1. The Morgan fingerprint density at radius 3 is 2.58 bits per heavy atom. The molecule has 7 nitrogen and oxygen atoms in total. The van der Waals surface area contributed by atoms with Crippen molar-refractivity contribution in [2.45, 2.75) is 19.8 Å². The third kappa shape index (κ3) is 4.04. The number of carbonyl (C=O) groups excluding carboxylic acids is 3. The molecule has 0 atom stereocenters. The molecule has 1 amide bonds. The van der Waals surface area contributed by atoms with E-state index in [9.17, 15) is 14.4 Å². The quantitative estimate of drug-likeness (QED) is 0.762. The van der Waals surface area contributed by atoms with Gasteiger partial charge in [0, 0.05) is 18.5 Å². The number of carbonyl (C=O) groups is 3. The molecule has 0 saturated carbocycles. The molecule has 1 aliphatic heterocycles. The molecule has 2 aromatic rings. The maximum atomic E-state index is 12.2. The lowest BCUT2D eigenvalue weighted by atomic mass is 9.97. The van der Waals surface area contributed by atoms with E-state index in [-0.39, 0.29) is 30.2 Å². The predicted octanol–water partition coefficient (Wildman–Crippen LogP) is 2.39. The van der Waals surface area contributed by atoms with Crippen LogP contribution in [0.5, 0.6) is 0 Å². The number of esters is 2. The molecule has 0 bridgehead atoms. The third-order valence-corrected chi connectivity index (χ3v) is 4.42. The summed E-state index contributed by atoms with van der Waals surface area (Å²) in [6, 6.07) is 8.83. The number of benzene rings is 1. The summed E-state index contributed by atoms with van der Waals surface area (Å²) in [6.07, 6.45) is 1.12. The second-order valence-corrected chi connectivity index (χ2v) is 6.13. The molecule has 0 radical (unpaired) electrons. The highest BCUT2D eigenvalue weighted by Gasteiger charge is 2.28. The molecule has 0 spiro atoms. The molecule has 0 aliphatic carbocycles. The fraction of sp³-hybridized carbons (Fsp3) is 0.421. The minimum Gasteiger partial charge on any atom is -0.466 e. The maximum absolute atomic E-state index is 12.2. The first-order chi connectivity index (χ1) is 12.6.